The summed E-state index contributed by atoms with van der Waals surface area (Å²) in [7, 11) is 0. The Bertz CT molecular complexity index is 818. The molecule has 0 unspecified atom stereocenters. The van der Waals surface area contributed by atoms with E-state index in [4.69, 9.17) is 0 Å². The Labute approximate surface area is 179 Å². The van der Waals surface area contributed by atoms with Gasteiger partial charge in [0.1, 0.15) is 0 Å². The minimum atomic E-state index is 0.123. The molecule has 1 N–H and O–H groups in total. The lowest BCUT2D eigenvalue weighted by atomic mass is 9.90. The Kier molecular flexibility index (Phi) is 9.68. The molecular formula is C28H39N. The fourth-order valence-electron chi connectivity index (χ4n) is 2.93. The van der Waals surface area contributed by atoms with Gasteiger partial charge in [-0.1, -0.05) is 95.9 Å². The van der Waals surface area contributed by atoms with Crippen LogP contribution in [0.2, 0.25) is 0 Å². The summed E-state index contributed by atoms with van der Waals surface area (Å²) in [5, 5.41) is 3.53. The quantitative estimate of drug-likeness (QED) is 0.417. The number of aryl methyl sites for hydroxylation is 1. The Morgan fingerprint density at radius 2 is 1.66 bits per heavy atom. The van der Waals surface area contributed by atoms with E-state index in [0.717, 1.165) is 29.8 Å². The third kappa shape index (κ3) is 8.15. The van der Waals surface area contributed by atoms with Crippen LogP contribution in [-0.4, -0.2) is 0 Å². The fourth-order valence-corrected chi connectivity index (χ4v) is 2.93. The van der Waals surface area contributed by atoms with Gasteiger partial charge in [-0.25, -0.2) is 0 Å². The van der Waals surface area contributed by atoms with Crippen molar-refractivity contribution in [2.45, 2.75) is 61.3 Å². The zero-order chi connectivity index (χ0) is 22.0. The molecule has 0 bridgehead atoms. The molecule has 0 heterocycles. The number of hydrogen-bond donors (Lipinski definition) is 1. The van der Waals surface area contributed by atoms with Gasteiger partial charge in [-0.2, -0.15) is 0 Å². The van der Waals surface area contributed by atoms with E-state index < -0.39 is 0 Å². The first-order valence-electron chi connectivity index (χ1n) is 10.6. The first-order valence-corrected chi connectivity index (χ1v) is 10.6. The molecule has 29 heavy (non-hydrogen) atoms. The van der Waals surface area contributed by atoms with Crippen LogP contribution in [0.25, 0.3) is 0 Å². The molecule has 0 aliphatic heterocycles. The van der Waals surface area contributed by atoms with E-state index in [9.17, 15) is 0 Å². The molecule has 0 radical (unpaired) electrons. The van der Waals surface area contributed by atoms with E-state index >= 15 is 0 Å². The predicted octanol–water partition coefficient (Wildman–Crippen LogP) is 8.56. The van der Waals surface area contributed by atoms with E-state index in [1.807, 2.05) is 12.2 Å². The van der Waals surface area contributed by atoms with Gasteiger partial charge in [-0.15, -0.1) is 0 Å². The lowest BCUT2D eigenvalue weighted by molar-refractivity contribution is 0.544. The van der Waals surface area contributed by atoms with Crippen LogP contribution in [0.5, 0.6) is 0 Å². The number of benzene rings is 1. The summed E-state index contributed by atoms with van der Waals surface area (Å²) in [5.74, 6) is 0. The highest BCUT2D eigenvalue weighted by molar-refractivity contribution is 5.63. The molecule has 0 aromatic heterocycles. The number of rotatable bonds is 9. The molecule has 0 saturated carbocycles. The zero-order valence-electron chi connectivity index (χ0n) is 19.5. The third-order valence-electron chi connectivity index (χ3n) is 4.85. The molecule has 156 valence electrons. The maximum atomic E-state index is 4.41. The summed E-state index contributed by atoms with van der Waals surface area (Å²) in [6.45, 7) is 23.6. The molecule has 0 amide bonds. The molecule has 1 aromatic rings. The van der Waals surface area contributed by atoms with Crippen molar-refractivity contribution >= 4 is 5.69 Å². The molecule has 0 spiro atoms. The third-order valence-corrected chi connectivity index (χ3v) is 4.85. The second-order valence-electron chi connectivity index (χ2n) is 8.55. The topological polar surface area (TPSA) is 12.0 Å². The number of allylic oxidation sites excluding steroid dienone is 8. The first-order chi connectivity index (χ1) is 13.6. The van der Waals surface area contributed by atoms with Crippen molar-refractivity contribution in [3.63, 3.8) is 0 Å². The van der Waals surface area contributed by atoms with Gasteiger partial charge in [-0.3, -0.25) is 0 Å². The van der Waals surface area contributed by atoms with Crippen LogP contribution in [0.1, 0.15) is 60.5 Å². The predicted molar refractivity (Wildman–Crippen MR) is 132 cm³/mol. The highest BCUT2D eigenvalue weighted by Crippen LogP contribution is 2.30. The van der Waals surface area contributed by atoms with Gasteiger partial charge >= 0.3 is 0 Å². The monoisotopic (exact) mass is 389 g/mol. The molecule has 1 nitrogen and oxygen atoms in total. The highest BCUT2D eigenvalue weighted by atomic mass is 14.9. The van der Waals surface area contributed by atoms with Crippen molar-refractivity contribution in [2.75, 3.05) is 5.32 Å². The number of hydrogen-bond acceptors (Lipinski definition) is 1. The highest BCUT2D eigenvalue weighted by Gasteiger charge is 2.14. The van der Waals surface area contributed by atoms with Crippen molar-refractivity contribution in [3.05, 3.63) is 101 Å². The summed E-state index contributed by atoms with van der Waals surface area (Å²) in [6.07, 6.45) is 12.4. The van der Waals surface area contributed by atoms with Gasteiger partial charge in [-0.05, 0) is 60.9 Å². The van der Waals surface area contributed by atoms with Crippen molar-refractivity contribution in [1.29, 1.82) is 0 Å². The molecule has 1 heteroatoms. The summed E-state index contributed by atoms with van der Waals surface area (Å²) < 4.78 is 0. The number of anilines is 1. The second-order valence-corrected chi connectivity index (χ2v) is 8.55. The van der Waals surface area contributed by atoms with Gasteiger partial charge in [0.25, 0.3) is 0 Å². The normalized spacial score (nSPS) is 14.0. The van der Waals surface area contributed by atoms with Crippen molar-refractivity contribution < 1.29 is 0 Å². The second kappa shape index (κ2) is 11.5. The van der Waals surface area contributed by atoms with Gasteiger partial charge in [0.05, 0.1) is 0 Å². The Morgan fingerprint density at radius 1 is 1.03 bits per heavy atom. The molecular weight excluding hydrogens is 350 g/mol. The van der Waals surface area contributed by atoms with Gasteiger partial charge in [0, 0.05) is 17.0 Å². The fraction of sp³-hybridized carbons (Fsp3) is 0.357. The standard InChI is InChI=1S/C28H39N/c1-10-13-14-26(21(4)11-2)27(22(5)19-20-28(7,8)9)23(6)29-25-17-15-24(12-3)16-18-25/h10,13-20,29H,1,6,11-12H2,2-5,7-9H3/b14-13-,20-19?,26-21-,27-22+. The van der Waals surface area contributed by atoms with Crippen molar-refractivity contribution in [1.82, 2.24) is 0 Å². The lowest BCUT2D eigenvalue weighted by Crippen LogP contribution is -2.07. The largest absolute Gasteiger partial charge is 0.355 e. The van der Waals surface area contributed by atoms with Crippen molar-refractivity contribution in [3.8, 4) is 0 Å². The van der Waals surface area contributed by atoms with Crippen LogP contribution < -0.4 is 5.32 Å². The zero-order valence-corrected chi connectivity index (χ0v) is 19.5. The summed E-state index contributed by atoms with van der Waals surface area (Å²) >= 11 is 0. The van der Waals surface area contributed by atoms with Gasteiger partial charge in [0.15, 0.2) is 0 Å². The smallest absolute Gasteiger partial charge is 0.0393 e. The first kappa shape index (κ1) is 24.5. The van der Waals surface area contributed by atoms with Crippen LogP contribution >= 0.6 is 0 Å². The van der Waals surface area contributed by atoms with Crippen molar-refractivity contribution in [2.24, 2.45) is 5.41 Å². The van der Waals surface area contributed by atoms with E-state index in [0.29, 0.717) is 0 Å². The van der Waals surface area contributed by atoms with Crippen LogP contribution in [0.15, 0.2) is 95.8 Å². The SMILES string of the molecule is C=C\C=C/C(=C(\C)CC)C(/C(=C)Nc1ccc(CC)cc1)=C(\C)C=CC(C)(C)C. The maximum Gasteiger partial charge on any atom is 0.0393 e. The average Bonchev–Trinajstić information content (AvgIpc) is 2.68. The van der Waals surface area contributed by atoms with Crippen LogP contribution in [0.3, 0.4) is 0 Å². The molecule has 0 saturated heterocycles. The maximum absolute atomic E-state index is 4.41. The molecule has 1 rings (SSSR count). The molecule has 0 atom stereocenters. The van der Waals surface area contributed by atoms with Crippen LogP contribution in [0, 0.1) is 5.41 Å². The van der Waals surface area contributed by atoms with Crippen LogP contribution in [-0.2, 0) is 6.42 Å². The molecule has 0 aliphatic carbocycles. The Hall–Kier alpha value is -2.54. The average molecular weight is 390 g/mol. The van der Waals surface area contributed by atoms with Gasteiger partial charge in [0.2, 0.25) is 0 Å². The Morgan fingerprint density at radius 3 is 2.14 bits per heavy atom. The van der Waals surface area contributed by atoms with Gasteiger partial charge < -0.3 is 5.32 Å². The summed E-state index contributed by atoms with van der Waals surface area (Å²) in [5.41, 5.74) is 8.27. The Balaban J connectivity index is 3.48. The summed E-state index contributed by atoms with van der Waals surface area (Å²) in [6, 6.07) is 8.57. The lowest BCUT2D eigenvalue weighted by Gasteiger charge is -2.20. The van der Waals surface area contributed by atoms with Crippen LogP contribution in [0.4, 0.5) is 5.69 Å². The van der Waals surface area contributed by atoms with E-state index in [2.05, 4.69) is 109 Å². The number of nitrogens with one attached hydrogen (secondary N) is 1. The van der Waals surface area contributed by atoms with E-state index in [1.54, 1.807) is 0 Å². The minimum absolute atomic E-state index is 0.123. The van der Waals surface area contributed by atoms with E-state index in [-0.39, 0.29) is 5.41 Å². The van der Waals surface area contributed by atoms with E-state index in [1.165, 1.54) is 22.3 Å². The molecule has 1 aromatic carbocycles. The molecule has 0 fully saturated rings. The summed E-state index contributed by atoms with van der Waals surface area (Å²) in [4.78, 5) is 0. The minimum Gasteiger partial charge on any atom is -0.355 e. The molecule has 0 aliphatic rings.